The molecule has 7 atom stereocenters. The molecule has 0 N–H and O–H groups in total. The maximum Gasteiger partial charge on any atom is 0.312 e. The molecule has 28 heavy (non-hydrogen) atoms. The lowest BCUT2D eigenvalue weighted by molar-refractivity contribution is -0.241. The minimum Gasteiger partial charge on any atom is -0.465 e. The molecular weight excluding hydrogens is 354 g/mol. The largest absolute Gasteiger partial charge is 0.465 e. The van der Waals surface area contributed by atoms with E-state index >= 15 is 0 Å². The third kappa shape index (κ3) is 1.90. The predicted molar refractivity (Wildman–Crippen MR) is 103 cm³/mol. The Balaban J connectivity index is 1.76. The van der Waals surface area contributed by atoms with E-state index in [-0.39, 0.29) is 46.6 Å². The summed E-state index contributed by atoms with van der Waals surface area (Å²) in [5, 5.41) is 0. The second-order valence-corrected chi connectivity index (χ2v) is 10.7. The summed E-state index contributed by atoms with van der Waals surface area (Å²) in [7, 11) is 3.95. The molecule has 0 aromatic rings. The summed E-state index contributed by atoms with van der Waals surface area (Å²) in [6.07, 6.45) is 4.87. The number of cyclic esters (lactones) is 1. The number of allylic oxidation sites excluding steroid dienone is 1. The normalized spacial score (nSPS) is 49.7. The Bertz CT molecular complexity index is 802. The number of Topliss-reactive ketones (excluding diaryl/α,β-unsaturated/α-hetero) is 2. The topological polar surface area (TPSA) is 63.7 Å². The summed E-state index contributed by atoms with van der Waals surface area (Å²) in [5.74, 6) is -0.514. The lowest BCUT2D eigenvalue weighted by Gasteiger charge is -2.69. The fourth-order valence-electron chi connectivity index (χ4n) is 8.21. The van der Waals surface area contributed by atoms with Crippen molar-refractivity contribution in [1.29, 1.82) is 0 Å². The molecule has 0 aromatic heterocycles. The van der Waals surface area contributed by atoms with Gasteiger partial charge in [0, 0.05) is 17.9 Å². The SMILES string of the molecule is C=C1C(=O)C23CC[C@@H]1CC2[C@@]12CCC[C@@](C)(COC1=O)C2C(CN(C)C)C3=O. The zero-order chi connectivity index (χ0) is 20.1. The lowest BCUT2D eigenvalue weighted by atomic mass is 9.33. The molecule has 5 saturated carbocycles. The third-order valence-corrected chi connectivity index (χ3v) is 9.11. The number of esters is 1. The van der Waals surface area contributed by atoms with Crippen molar-refractivity contribution < 1.29 is 19.1 Å². The van der Waals surface area contributed by atoms with Crippen molar-refractivity contribution in [2.45, 2.75) is 45.4 Å². The van der Waals surface area contributed by atoms with Crippen molar-refractivity contribution >= 4 is 17.5 Å². The summed E-state index contributed by atoms with van der Waals surface area (Å²) >= 11 is 0. The minimum absolute atomic E-state index is 0.0269. The molecule has 1 heterocycles. The van der Waals surface area contributed by atoms with Crippen LogP contribution in [-0.4, -0.2) is 49.7 Å². The zero-order valence-electron chi connectivity index (χ0n) is 17.3. The molecule has 0 aromatic carbocycles. The Morgan fingerprint density at radius 3 is 2.64 bits per heavy atom. The van der Waals surface area contributed by atoms with Gasteiger partial charge in [-0.05, 0) is 69.5 Å². The van der Waals surface area contributed by atoms with Gasteiger partial charge in [0.1, 0.15) is 0 Å². The number of nitrogens with zero attached hydrogens (tertiary/aromatic N) is 1. The van der Waals surface area contributed by atoms with E-state index in [1.807, 2.05) is 19.0 Å². The van der Waals surface area contributed by atoms with Crippen LogP contribution in [0.25, 0.3) is 0 Å². The van der Waals surface area contributed by atoms with E-state index in [0.29, 0.717) is 25.1 Å². The Hall–Kier alpha value is -1.49. The maximum absolute atomic E-state index is 14.1. The van der Waals surface area contributed by atoms with E-state index in [1.165, 1.54) is 0 Å². The van der Waals surface area contributed by atoms with Crippen LogP contribution >= 0.6 is 0 Å². The molecule has 1 aliphatic heterocycles. The van der Waals surface area contributed by atoms with Crippen molar-refractivity contribution in [3.8, 4) is 0 Å². The van der Waals surface area contributed by atoms with E-state index in [1.54, 1.807) is 0 Å². The Labute approximate surface area is 166 Å². The number of rotatable bonds is 2. The molecule has 0 amide bonds. The van der Waals surface area contributed by atoms with Gasteiger partial charge in [0.2, 0.25) is 0 Å². The highest BCUT2D eigenvalue weighted by Crippen LogP contribution is 2.72. The molecule has 5 heteroatoms. The maximum atomic E-state index is 14.1. The average molecular weight is 386 g/mol. The highest BCUT2D eigenvalue weighted by atomic mass is 16.5. The first-order valence-electron chi connectivity index (χ1n) is 10.8. The van der Waals surface area contributed by atoms with Gasteiger partial charge in [-0.25, -0.2) is 0 Å². The average Bonchev–Trinajstić information content (AvgIpc) is 2.65. The Morgan fingerprint density at radius 2 is 1.93 bits per heavy atom. The molecule has 1 spiro atoms. The summed E-state index contributed by atoms with van der Waals surface area (Å²) in [4.78, 5) is 43.2. The summed E-state index contributed by atoms with van der Waals surface area (Å²) in [5.41, 5.74) is -1.29. The van der Waals surface area contributed by atoms with Crippen LogP contribution < -0.4 is 0 Å². The van der Waals surface area contributed by atoms with Gasteiger partial charge in [-0.3, -0.25) is 14.4 Å². The number of hydrogen-bond acceptors (Lipinski definition) is 5. The number of carbonyl (C=O) groups excluding carboxylic acids is 3. The van der Waals surface area contributed by atoms with Crippen molar-refractivity contribution in [3.63, 3.8) is 0 Å². The van der Waals surface area contributed by atoms with Crippen molar-refractivity contribution in [1.82, 2.24) is 4.90 Å². The van der Waals surface area contributed by atoms with Crippen LogP contribution in [0.1, 0.15) is 45.4 Å². The third-order valence-electron chi connectivity index (χ3n) is 9.11. The summed E-state index contributed by atoms with van der Waals surface area (Å²) in [6, 6.07) is 0. The van der Waals surface area contributed by atoms with E-state index in [0.717, 1.165) is 32.1 Å². The number of ketones is 2. The van der Waals surface area contributed by atoms with Gasteiger partial charge in [0.15, 0.2) is 11.6 Å². The highest BCUT2D eigenvalue weighted by Gasteiger charge is 2.78. The van der Waals surface area contributed by atoms with Crippen molar-refractivity contribution in [3.05, 3.63) is 12.2 Å². The monoisotopic (exact) mass is 385 g/mol. The van der Waals surface area contributed by atoms with Gasteiger partial charge in [0.05, 0.1) is 17.4 Å². The van der Waals surface area contributed by atoms with Gasteiger partial charge >= 0.3 is 5.97 Å². The summed E-state index contributed by atoms with van der Waals surface area (Å²) in [6.45, 7) is 7.26. The van der Waals surface area contributed by atoms with Gasteiger partial charge < -0.3 is 9.64 Å². The fourth-order valence-corrected chi connectivity index (χ4v) is 8.21. The van der Waals surface area contributed by atoms with E-state index < -0.39 is 10.8 Å². The second kappa shape index (κ2) is 5.56. The van der Waals surface area contributed by atoms with Crippen LogP contribution in [0, 0.1) is 39.9 Å². The molecule has 6 rings (SSSR count). The fraction of sp³-hybridized carbons (Fsp3) is 0.783. The molecule has 4 bridgehead atoms. The van der Waals surface area contributed by atoms with Crippen LogP contribution in [0.5, 0.6) is 0 Å². The van der Waals surface area contributed by atoms with Crippen LogP contribution in [0.4, 0.5) is 0 Å². The van der Waals surface area contributed by atoms with Gasteiger partial charge in [-0.1, -0.05) is 19.9 Å². The van der Waals surface area contributed by atoms with Gasteiger partial charge in [0.25, 0.3) is 0 Å². The standard InChI is InChI=1S/C23H31NO4/c1-13-14-6-9-23(18(13)25)16(10-14)22-8-5-7-21(2,12-28-20(22)27)17(22)15(19(23)26)11-24(3)4/h14-17H,1,5-12H2,2-4H3/t14-,15?,16?,17?,21+,22-,23?/m1/s1. The van der Waals surface area contributed by atoms with Crippen molar-refractivity contribution in [2.24, 2.45) is 39.9 Å². The van der Waals surface area contributed by atoms with Crippen LogP contribution in [0.3, 0.4) is 0 Å². The second-order valence-electron chi connectivity index (χ2n) is 10.7. The quantitative estimate of drug-likeness (QED) is 0.415. The zero-order valence-corrected chi connectivity index (χ0v) is 17.3. The first-order chi connectivity index (χ1) is 13.2. The molecule has 5 nitrogen and oxygen atoms in total. The minimum atomic E-state index is -1.04. The first kappa shape index (κ1) is 18.5. The van der Waals surface area contributed by atoms with Crippen LogP contribution in [-0.2, 0) is 19.1 Å². The molecular formula is C23H31NO4. The van der Waals surface area contributed by atoms with Gasteiger partial charge in [-0.2, -0.15) is 0 Å². The first-order valence-corrected chi connectivity index (χ1v) is 10.8. The number of carbonyl (C=O) groups is 3. The van der Waals surface area contributed by atoms with Crippen LogP contribution in [0.15, 0.2) is 12.2 Å². The Morgan fingerprint density at radius 1 is 1.18 bits per heavy atom. The number of ether oxygens (including phenoxy) is 1. The van der Waals surface area contributed by atoms with E-state index in [2.05, 4.69) is 13.5 Å². The molecule has 6 aliphatic rings. The molecule has 6 fully saturated rings. The van der Waals surface area contributed by atoms with Crippen LogP contribution in [0.2, 0.25) is 0 Å². The van der Waals surface area contributed by atoms with Crippen molar-refractivity contribution in [2.75, 3.05) is 27.2 Å². The van der Waals surface area contributed by atoms with E-state index in [4.69, 9.17) is 4.74 Å². The molecule has 0 radical (unpaired) electrons. The van der Waals surface area contributed by atoms with E-state index in [9.17, 15) is 14.4 Å². The van der Waals surface area contributed by atoms with Gasteiger partial charge in [-0.15, -0.1) is 0 Å². The molecule has 152 valence electrons. The predicted octanol–water partition coefficient (Wildman–Crippen LogP) is 2.64. The smallest absolute Gasteiger partial charge is 0.312 e. The molecule has 5 aliphatic carbocycles. The highest BCUT2D eigenvalue weighted by molar-refractivity contribution is 6.18. The number of fused-ring (bicyclic) bond motifs is 2. The molecule has 1 saturated heterocycles. The summed E-state index contributed by atoms with van der Waals surface area (Å²) < 4.78 is 5.81. The molecule has 4 unspecified atom stereocenters. The lowest BCUT2D eigenvalue weighted by Crippen LogP contribution is -2.75. The Kier molecular flexibility index (Phi) is 3.68. The number of hydrogen-bond donors (Lipinski definition) is 0.